The second-order valence-electron chi connectivity index (χ2n) is 4.51. The number of ether oxygens (including phenoxy) is 1. The number of hydrogen-bond donors (Lipinski definition) is 1. The number of aromatic nitrogens is 1. The van der Waals surface area contributed by atoms with Crippen LogP contribution in [-0.4, -0.2) is 24.0 Å². The van der Waals surface area contributed by atoms with Crippen LogP contribution in [-0.2, 0) is 4.74 Å². The van der Waals surface area contributed by atoms with E-state index in [9.17, 15) is 9.59 Å². The average Bonchev–Trinajstić information content (AvgIpc) is 3.24. The van der Waals surface area contributed by atoms with Gasteiger partial charge in [-0.15, -0.1) is 22.7 Å². The molecule has 116 valence electrons. The Morgan fingerprint density at radius 3 is 2.65 bits per heavy atom. The Kier molecular flexibility index (Phi) is 4.50. The minimum absolute atomic E-state index is 0.304. The van der Waals surface area contributed by atoms with Crippen molar-refractivity contribution in [3.05, 3.63) is 58.4 Å². The summed E-state index contributed by atoms with van der Waals surface area (Å²) in [4.78, 5) is 28.4. The number of benzene rings is 1. The van der Waals surface area contributed by atoms with E-state index in [2.05, 4.69) is 15.0 Å². The molecule has 7 heteroatoms. The molecule has 0 aliphatic heterocycles. The topological polar surface area (TPSA) is 68.3 Å². The molecule has 0 unspecified atom stereocenters. The summed E-state index contributed by atoms with van der Waals surface area (Å²) in [5.74, 6) is -0.725. The monoisotopic (exact) mass is 344 g/mol. The zero-order valence-electron chi connectivity index (χ0n) is 12.1. The molecule has 0 fully saturated rings. The van der Waals surface area contributed by atoms with Gasteiger partial charge in [0.15, 0.2) is 0 Å². The number of nitrogens with zero attached hydrogens (tertiary/aromatic N) is 1. The average molecular weight is 344 g/mol. The number of thiophene rings is 1. The molecule has 3 rings (SSSR count). The van der Waals surface area contributed by atoms with Gasteiger partial charge < -0.3 is 10.1 Å². The molecule has 3 aromatic rings. The Hall–Kier alpha value is -2.51. The molecule has 1 N–H and O–H groups in total. The number of thiazole rings is 1. The van der Waals surface area contributed by atoms with Crippen LogP contribution in [0.25, 0.3) is 10.6 Å². The highest BCUT2D eigenvalue weighted by Gasteiger charge is 2.14. The van der Waals surface area contributed by atoms with E-state index in [1.165, 1.54) is 18.4 Å². The molecule has 0 atom stereocenters. The van der Waals surface area contributed by atoms with Crippen molar-refractivity contribution in [1.82, 2.24) is 4.98 Å². The van der Waals surface area contributed by atoms with Crippen molar-refractivity contribution >= 4 is 39.6 Å². The Balaban J connectivity index is 1.73. The molecule has 0 aliphatic carbocycles. The Morgan fingerprint density at radius 2 is 1.91 bits per heavy atom. The number of carbonyl (C=O) groups is 2. The Morgan fingerprint density at radius 1 is 1.13 bits per heavy atom. The van der Waals surface area contributed by atoms with E-state index < -0.39 is 5.97 Å². The van der Waals surface area contributed by atoms with Crippen molar-refractivity contribution < 1.29 is 14.3 Å². The zero-order chi connectivity index (χ0) is 16.2. The van der Waals surface area contributed by atoms with E-state index >= 15 is 0 Å². The van der Waals surface area contributed by atoms with Crippen LogP contribution in [0.2, 0.25) is 0 Å². The van der Waals surface area contributed by atoms with Gasteiger partial charge in [0.05, 0.1) is 12.1 Å². The number of amides is 1. The first-order valence-electron chi connectivity index (χ1n) is 6.68. The van der Waals surface area contributed by atoms with Gasteiger partial charge >= 0.3 is 5.97 Å². The molecule has 2 aromatic heterocycles. The SMILES string of the molecule is COC(=O)c1ccc(NC(=O)c2csc(-c3ccccc3)n2)s1. The molecule has 5 nitrogen and oxygen atoms in total. The second kappa shape index (κ2) is 6.72. The van der Waals surface area contributed by atoms with Gasteiger partial charge in [0.25, 0.3) is 5.91 Å². The highest BCUT2D eigenvalue weighted by molar-refractivity contribution is 7.18. The van der Waals surface area contributed by atoms with Gasteiger partial charge in [0.2, 0.25) is 0 Å². The highest BCUT2D eigenvalue weighted by atomic mass is 32.1. The normalized spacial score (nSPS) is 10.3. The lowest BCUT2D eigenvalue weighted by molar-refractivity contribution is 0.0606. The third-order valence-corrected chi connectivity index (χ3v) is 4.86. The molecule has 0 aliphatic rings. The maximum Gasteiger partial charge on any atom is 0.348 e. The van der Waals surface area contributed by atoms with Gasteiger partial charge in [-0.05, 0) is 12.1 Å². The van der Waals surface area contributed by atoms with Gasteiger partial charge in [-0.2, -0.15) is 0 Å². The third kappa shape index (κ3) is 3.46. The number of esters is 1. The fourth-order valence-electron chi connectivity index (χ4n) is 1.88. The smallest absolute Gasteiger partial charge is 0.348 e. The lowest BCUT2D eigenvalue weighted by Gasteiger charge is -1.99. The van der Waals surface area contributed by atoms with E-state index in [-0.39, 0.29) is 5.91 Å². The van der Waals surface area contributed by atoms with E-state index in [0.29, 0.717) is 15.6 Å². The van der Waals surface area contributed by atoms with Crippen LogP contribution in [0.4, 0.5) is 5.00 Å². The van der Waals surface area contributed by atoms with Crippen molar-refractivity contribution in [3.8, 4) is 10.6 Å². The van der Waals surface area contributed by atoms with Crippen LogP contribution >= 0.6 is 22.7 Å². The van der Waals surface area contributed by atoms with Crippen molar-refractivity contribution in [2.75, 3.05) is 12.4 Å². The lowest BCUT2D eigenvalue weighted by atomic mass is 10.2. The molecule has 2 heterocycles. The maximum absolute atomic E-state index is 12.2. The molecule has 23 heavy (non-hydrogen) atoms. The van der Waals surface area contributed by atoms with E-state index in [1.54, 1.807) is 17.5 Å². The molecule has 0 radical (unpaired) electrons. The summed E-state index contributed by atoms with van der Waals surface area (Å²) < 4.78 is 4.64. The third-order valence-electron chi connectivity index (χ3n) is 2.99. The quantitative estimate of drug-likeness (QED) is 0.729. The van der Waals surface area contributed by atoms with Crippen LogP contribution in [0, 0.1) is 0 Å². The fourth-order valence-corrected chi connectivity index (χ4v) is 3.51. The lowest BCUT2D eigenvalue weighted by Crippen LogP contribution is -2.11. The summed E-state index contributed by atoms with van der Waals surface area (Å²) in [5, 5.41) is 5.82. The molecule has 0 saturated heterocycles. The minimum atomic E-state index is -0.421. The minimum Gasteiger partial charge on any atom is -0.465 e. The zero-order valence-corrected chi connectivity index (χ0v) is 13.7. The number of nitrogens with one attached hydrogen (secondary N) is 1. The van der Waals surface area contributed by atoms with Crippen molar-refractivity contribution in [3.63, 3.8) is 0 Å². The standard InChI is InChI=1S/C16H12N2O3S2/c1-21-16(20)12-7-8-13(23-12)18-14(19)11-9-22-15(17-11)10-5-3-2-4-6-10/h2-9H,1H3,(H,18,19). The molecule has 1 amide bonds. The Labute approximate surface area is 140 Å². The summed E-state index contributed by atoms with van der Waals surface area (Å²) in [5.41, 5.74) is 1.32. The van der Waals surface area contributed by atoms with Crippen LogP contribution in [0.15, 0.2) is 47.8 Å². The van der Waals surface area contributed by atoms with Gasteiger partial charge in [0, 0.05) is 10.9 Å². The highest BCUT2D eigenvalue weighted by Crippen LogP contribution is 2.26. The largest absolute Gasteiger partial charge is 0.465 e. The number of anilines is 1. The van der Waals surface area contributed by atoms with Crippen LogP contribution in [0.5, 0.6) is 0 Å². The Bertz CT molecular complexity index is 840. The molecular weight excluding hydrogens is 332 g/mol. The van der Waals surface area contributed by atoms with Crippen LogP contribution < -0.4 is 5.32 Å². The molecule has 0 bridgehead atoms. The fraction of sp³-hybridized carbons (Fsp3) is 0.0625. The number of methoxy groups -OCH3 is 1. The first-order chi connectivity index (χ1) is 11.2. The second-order valence-corrected chi connectivity index (χ2v) is 6.46. The maximum atomic E-state index is 12.2. The summed E-state index contributed by atoms with van der Waals surface area (Å²) >= 11 is 2.57. The van der Waals surface area contributed by atoms with Crippen molar-refractivity contribution in [2.45, 2.75) is 0 Å². The number of carbonyl (C=O) groups excluding carboxylic acids is 2. The summed E-state index contributed by atoms with van der Waals surface area (Å²) in [6, 6.07) is 13.0. The predicted molar refractivity (Wildman–Crippen MR) is 91.2 cm³/mol. The molecular formula is C16H12N2O3S2. The molecule has 0 saturated carbocycles. The van der Waals surface area contributed by atoms with Crippen LogP contribution in [0.1, 0.15) is 20.2 Å². The summed E-state index contributed by atoms with van der Waals surface area (Å²) in [6.07, 6.45) is 0. The van der Waals surface area contributed by atoms with Gasteiger partial charge in [-0.25, -0.2) is 9.78 Å². The van der Waals surface area contributed by atoms with Crippen molar-refractivity contribution in [2.24, 2.45) is 0 Å². The van der Waals surface area contributed by atoms with E-state index in [0.717, 1.165) is 21.9 Å². The van der Waals surface area contributed by atoms with Crippen molar-refractivity contribution in [1.29, 1.82) is 0 Å². The number of hydrogen-bond acceptors (Lipinski definition) is 6. The van der Waals surface area contributed by atoms with E-state index in [1.807, 2.05) is 30.3 Å². The van der Waals surface area contributed by atoms with Gasteiger partial charge in [-0.1, -0.05) is 30.3 Å². The molecule has 1 aromatic carbocycles. The van der Waals surface area contributed by atoms with Gasteiger partial charge in [-0.3, -0.25) is 4.79 Å². The predicted octanol–water partition coefficient (Wildman–Crippen LogP) is 3.91. The first kappa shape index (κ1) is 15.4. The van der Waals surface area contributed by atoms with Crippen LogP contribution in [0.3, 0.4) is 0 Å². The summed E-state index contributed by atoms with van der Waals surface area (Å²) in [6.45, 7) is 0. The molecule has 0 spiro atoms. The number of rotatable bonds is 4. The summed E-state index contributed by atoms with van der Waals surface area (Å²) in [7, 11) is 1.32. The first-order valence-corrected chi connectivity index (χ1v) is 8.37. The van der Waals surface area contributed by atoms with E-state index in [4.69, 9.17) is 0 Å². The van der Waals surface area contributed by atoms with Gasteiger partial charge in [0.1, 0.15) is 15.6 Å².